The van der Waals surface area contributed by atoms with Gasteiger partial charge in [0.1, 0.15) is 0 Å². The van der Waals surface area contributed by atoms with E-state index in [1.807, 2.05) is 13.8 Å². The third-order valence-electron chi connectivity index (χ3n) is 2.78. The number of hydrogen-bond acceptors (Lipinski definition) is 4. The van der Waals surface area contributed by atoms with E-state index in [0.29, 0.717) is 0 Å². The molecule has 0 spiro atoms. The molecule has 0 aromatic rings. The van der Waals surface area contributed by atoms with Crippen molar-refractivity contribution in [2.45, 2.75) is 26.3 Å². The standard InChI is InChI=1S/C10H24N2O2Si/c1-4-13-10(14-5-2)15(3)12-8-6-11-7-9-12/h10-11,15H,4-9H2,1-3H3. The van der Waals surface area contributed by atoms with Gasteiger partial charge in [-0.05, 0) is 13.8 Å². The normalized spacial score (nSPS) is 20.8. The molecule has 1 heterocycles. The van der Waals surface area contributed by atoms with Gasteiger partial charge < -0.3 is 19.4 Å². The Morgan fingerprint density at radius 3 is 2.20 bits per heavy atom. The average Bonchev–Trinajstić information content (AvgIpc) is 2.29. The molecule has 1 rings (SSSR count). The molecule has 90 valence electrons. The number of nitrogens with one attached hydrogen (secondary N) is 1. The van der Waals surface area contributed by atoms with Gasteiger partial charge in [-0.2, -0.15) is 0 Å². The molecule has 15 heavy (non-hydrogen) atoms. The third kappa shape index (κ3) is 4.20. The largest absolute Gasteiger partial charge is 0.355 e. The second-order valence-corrected chi connectivity index (χ2v) is 6.56. The van der Waals surface area contributed by atoms with Crippen LogP contribution in [0, 0.1) is 0 Å². The van der Waals surface area contributed by atoms with E-state index < -0.39 is 8.96 Å². The Balaban J connectivity index is 2.41. The molecule has 0 aromatic carbocycles. The van der Waals surface area contributed by atoms with Gasteiger partial charge in [0.05, 0.1) is 0 Å². The zero-order chi connectivity index (χ0) is 11.1. The van der Waals surface area contributed by atoms with Crippen LogP contribution in [0.1, 0.15) is 13.8 Å². The quantitative estimate of drug-likeness (QED) is 0.523. The van der Waals surface area contributed by atoms with E-state index in [4.69, 9.17) is 9.47 Å². The van der Waals surface area contributed by atoms with E-state index in [9.17, 15) is 0 Å². The van der Waals surface area contributed by atoms with Crippen molar-refractivity contribution < 1.29 is 9.47 Å². The molecule has 1 atom stereocenters. The van der Waals surface area contributed by atoms with Crippen LogP contribution in [0.4, 0.5) is 0 Å². The van der Waals surface area contributed by atoms with Crippen molar-refractivity contribution in [3.05, 3.63) is 0 Å². The summed E-state index contributed by atoms with van der Waals surface area (Å²) in [7, 11) is -1.08. The molecule has 1 fully saturated rings. The Labute approximate surface area is 94.6 Å². The first-order valence-corrected chi connectivity index (χ1v) is 8.31. The van der Waals surface area contributed by atoms with Crippen LogP contribution in [0.2, 0.25) is 6.55 Å². The molecule has 0 bridgehead atoms. The van der Waals surface area contributed by atoms with Crippen LogP contribution in [-0.4, -0.2) is 58.8 Å². The van der Waals surface area contributed by atoms with E-state index in [2.05, 4.69) is 16.4 Å². The topological polar surface area (TPSA) is 33.7 Å². The van der Waals surface area contributed by atoms with Crippen LogP contribution in [0.15, 0.2) is 0 Å². The molecule has 0 aliphatic carbocycles. The van der Waals surface area contributed by atoms with Crippen LogP contribution < -0.4 is 5.32 Å². The lowest BCUT2D eigenvalue weighted by Gasteiger charge is -2.35. The highest BCUT2D eigenvalue weighted by Gasteiger charge is 2.27. The molecule has 1 aliphatic rings. The average molecular weight is 232 g/mol. The van der Waals surface area contributed by atoms with Gasteiger partial charge in [0.15, 0.2) is 14.9 Å². The summed E-state index contributed by atoms with van der Waals surface area (Å²) in [6, 6.07) is 0. The molecule has 5 heteroatoms. The minimum atomic E-state index is -1.08. The van der Waals surface area contributed by atoms with Gasteiger partial charge in [-0.1, -0.05) is 6.55 Å². The van der Waals surface area contributed by atoms with Crippen LogP contribution in [0.5, 0.6) is 0 Å². The van der Waals surface area contributed by atoms with Gasteiger partial charge in [-0.3, -0.25) is 0 Å². The first-order chi connectivity index (χ1) is 7.29. The summed E-state index contributed by atoms with van der Waals surface area (Å²) in [5.74, 6) is 0.0538. The Bertz CT molecular complexity index is 160. The van der Waals surface area contributed by atoms with E-state index >= 15 is 0 Å². The molecule has 0 amide bonds. The maximum absolute atomic E-state index is 5.67. The second-order valence-electron chi connectivity index (χ2n) is 3.81. The Kier molecular flexibility index (Phi) is 6.43. The van der Waals surface area contributed by atoms with Gasteiger partial charge in [-0.25, -0.2) is 0 Å². The lowest BCUT2D eigenvalue weighted by molar-refractivity contribution is -0.0896. The van der Waals surface area contributed by atoms with E-state index in [1.165, 1.54) is 0 Å². The molecule has 4 nitrogen and oxygen atoms in total. The number of ether oxygens (including phenoxy) is 2. The maximum atomic E-state index is 5.67. The summed E-state index contributed by atoms with van der Waals surface area (Å²) in [5.41, 5.74) is 0. The highest BCUT2D eigenvalue weighted by Crippen LogP contribution is 2.07. The summed E-state index contributed by atoms with van der Waals surface area (Å²) in [5, 5.41) is 3.37. The summed E-state index contributed by atoms with van der Waals surface area (Å²) in [6.07, 6.45) is 0. The molecule has 0 aromatic heterocycles. The highest BCUT2D eigenvalue weighted by molar-refractivity contribution is 6.55. The summed E-state index contributed by atoms with van der Waals surface area (Å²) < 4.78 is 13.9. The fourth-order valence-electron chi connectivity index (χ4n) is 1.92. The predicted molar refractivity (Wildman–Crippen MR) is 64.5 cm³/mol. The number of piperazine rings is 1. The van der Waals surface area contributed by atoms with Crippen LogP contribution in [-0.2, 0) is 9.47 Å². The van der Waals surface area contributed by atoms with Crippen molar-refractivity contribution in [3.8, 4) is 0 Å². The van der Waals surface area contributed by atoms with Crippen molar-refractivity contribution >= 4 is 8.96 Å². The van der Waals surface area contributed by atoms with Crippen molar-refractivity contribution in [1.29, 1.82) is 0 Å². The summed E-state index contributed by atoms with van der Waals surface area (Å²) in [6.45, 7) is 12.4. The molecule has 1 N–H and O–H groups in total. The Morgan fingerprint density at radius 2 is 1.73 bits per heavy atom. The number of rotatable bonds is 6. The second kappa shape index (κ2) is 7.35. The van der Waals surface area contributed by atoms with Gasteiger partial charge in [-0.15, -0.1) is 0 Å². The van der Waals surface area contributed by atoms with Crippen molar-refractivity contribution in [2.75, 3.05) is 39.4 Å². The van der Waals surface area contributed by atoms with E-state index in [-0.39, 0.29) is 5.91 Å². The van der Waals surface area contributed by atoms with Crippen molar-refractivity contribution in [2.24, 2.45) is 0 Å². The lowest BCUT2D eigenvalue weighted by atomic mass is 10.4. The van der Waals surface area contributed by atoms with Crippen LogP contribution in [0.3, 0.4) is 0 Å². The Morgan fingerprint density at radius 1 is 1.20 bits per heavy atom. The monoisotopic (exact) mass is 232 g/mol. The van der Waals surface area contributed by atoms with Crippen LogP contribution >= 0.6 is 0 Å². The molecule has 1 aliphatic heterocycles. The summed E-state index contributed by atoms with van der Waals surface area (Å²) >= 11 is 0. The molecular formula is C10H24N2O2Si. The first-order valence-electron chi connectivity index (χ1n) is 5.97. The van der Waals surface area contributed by atoms with Gasteiger partial charge in [0.25, 0.3) is 0 Å². The van der Waals surface area contributed by atoms with Gasteiger partial charge >= 0.3 is 0 Å². The SMILES string of the molecule is CCOC(OCC)[SiH](C)N1CCNCC1. The minimum absolute atomic E-state index is 0.0538. The predicted octanol–water partition coefficient (Wildman–Crippen LogP) is 0.184. The number of nitrogens with zero attached hydrogens (tertiary/aromatic N) is 1. The first kappa shape index (κ1) is 13.1. The fourth-order valence-corrected chi connectivity index (χ4v) is 4.28. The van der Waals surface area contributed by atoms with Crippen molar-refractivity contribution in [1.82, 2.24) is 9.88 Å². The lowest BCUT2D eigenvalue weighted by Crippen LogP contribution is -2.55. The molecular weight excluding hydrogens is 208 g/mol. The highest BCUT2D eigenvalue weighted by atomic mass is 28.3. The van der Waals surface area contributed by atoms with Crippen molar-refractivity contribution in [3.63, 3.8) is 0 Å². The Hall–Kier alpha value is 0.0569. The maximum Gasteiger partial charge on any atom is 0.174 e. The third-order valence-corrected chi connectivity index (χ3v) is 5.62. The molecule has 1 saturated heterocycles. The van der Waals surface area contributed by atoms with Crippen LogP contribution in [0.25, 0.3) is 0 Å². The zero-order valence-corrected chi connectivity index (χ0v) is 11.3. The van der Waals surface area contributed by atoms with E-state index in [0.717, 1.165) is 39.4 Å². The zero-order valence-electron chi connectivity index (χ0n) is 10.2. The van der Waals surface area contributed by atoms with Gasteiger partial charge in [0.2, 0.25) is 0 Å². The molecule has 1 unspecified atom stereocenters. The summed E-state index contributed by atoms with van der Waals surface area (Å²) in [4.78, 5) is 0. The smallest absolute Gasteiger partial charge is 0.174 e. The molecule has 0 radical (unpaired) electrons. The van der Waals surface area contributed by atoms with E-state index in [1.54, 1.807) is 0 Å². The minimum Gasteiger partial charge on any atom is -0.355 e. The number of hydrogen-bond donors (Lipinski definition) is 1. The fraction of sp³-hybridized carbons (Fsp3) is 1.00. The molecule has 0 saturated carbocycles. The van der Waals surface area contributed by atoms with Gasteiger partial charge in [0, 0.05) is 39.4 Å².